The minimum atomic E-state index is 0.335. The number of ether oxygens (including phenoxy) is 1. The molecule has 20 heavy (non-hydrogen) atoms. The summed E-state index contributed by atoms with van der Waals surface area (Å²) in [5, 5.41) is 3.42. The van der Waals surface area contributed by atoms with Crippen LogP contribution in [0.5, 0.6) is 0 Å². The van der Waals surface area contributed by atoms with E-state index in [-0.39, 0.29) is 0 Å². The molecule has 0 radical (unpaired) electrons. The molecular formula is C17H18BrNO. The predicted molar refractivity (Wildman–Crippen MR) is 84.6 cm³/mol. The van der Waals surface area contributed by atoms with Crippen LogP contribution in [0.25, 0.3) is 0 Å². The molecule has 1 aliphatic heterocycles. The van der Waals surface area contributed by atoms with Gasteiger partial charge in [-0.1, -0.05) is 46.3 Å². The average molecular weight is 332 g/mol. The highest BCUT2D eigenvalue weighted by molar-refractivity contribution is 9.10. The van der Waals surface area contributed by atoms with Crippen LogP contribution in [0.2, 0.25) is 0 Å². The summed E-state index contributed by atoms with van der Waals surface area (Å²) in [5.41, 5.74) is 5.33. The van der Waals surface area contributed by atoms with Crippen molar-refractivity contribution in [2.24, 2.45) is 0 Å². The molecule has 0 fully saturated rings. The third-order valence-corrected chi connectivity index (χ3v) is 4.38. The molecule has 0 saturated heterocycles. The lowest BCUT2D eigenvalue weighted by Gasteiger charge is -2.18. The van der Waals surface area contributed by atoms with Gasteiger partial charge in [0.25, 0.3) is 0 Å². The van der Waals surface area contributed by atoms with E-state index in [1.807, 2.05) is 7.05 Å². The van der Waals surface area contributed by atoms with Gasteiger partial charge >= 0.3 is 0 Å². The standard InChI is InChI=1S/C17H18BrNO/c1-19-17(8-12-2-6-16(18)7-3-12)13-4-5-14-10-20-11-15(14)9-13/h2-7,9,17,19H,8,10-11H2,1H3. The lowest BCUT2D eigenvalue weighted by molar-refractivity contribution is 0.134. The van der Waals surface area contributed by atoms with Crippen LogP contribution in [0.1, 0.15) is 28.3 Å². The second-order valence-corrected chi connectivity index (χ2v) is 6.11. The Morgan fingerprint density at radius 1 is 1.10 bits per heavy atom. The average Bonchev–Trinajstić information content (AvgIpc) is 2.94. The summed E-state index contributed by atoms with van der Waals surface area (Å²) in [7, 11) is 2.02. The minimum absolute atomic E-state index is 0.335. The summed E-state index contributed by atoms with van der Waals surface area (Å²) in [5.74, 6) is 0. The Hall–Kier alpha value is -1.16. The zero-order valence-electron chi connectivity index (χ0n) is 11.5. The quantitative estimate of drug-likeness (QED) is 0.914. The van der Waals surface area contributed by atoms with E-state index < -0.39 is 0 Å². The van der Waals surface area contributed by atoms with Gasteiger partial charge in [-0.2, -0.15) is 0 Å². The van der Waals surface area contributed by atoms with Gasteiger partial charge < -0.3 is 10.1 Å². The third kappa shape index (κ3) is 2.95. The van der Waals surface area contributed by atoms with Crippen molar-refractivity contribution in [3.8, 4) is 0 Å². The van der Waals surface area contributed by atoms with Crippen LogP contribution >= 0.6 is 15.9 Å². The van der Waals surface area contributed by atoms with Crippen molar-refractivity contribution < 1.29 is 4.74 Å². The van der Waals surface area contributed by atoms with Gasteiger partial charge in [-0.15, -0.1) is 0 Å². The molecule has 1 aliphatic rings. The number of rotatable bonds is 4. The molecule has 0 aromatic heterocycles. The summed E-state index contributed by atoms with van der Waals surface area (Å²) in [6, 6.07) is 15.6. The maximum atomic E-state index is 5.49. The molecule has 2 aromatic carbocycles. The molecule has 0 amide bonds. The molecular weight excluding hydrogens is 314 g/mol. The van der Waals surface area contributed by atoms with E-state index in [9.17, 15) is 0 Å². The molecule has 1 heterocycles. The van der Waals surface area contributed by atoms with Crippen molar-refractivity contribution >= 4 is 15.9 Å². The molecule has 2 aromatic rings. The van der Waals surface area contributed by atoms with Gasteiger partial charge in [0.2, 0.25) is 0 Å². The lowest BCUT2D eigenvalue weighted by Crippen LogP contribution is -2.19. The van der Waals surface area contributed by atoms with Crippen LogP contribution in [0.15, 0.2) is 46.9 Å². The molecule has 104 valence electrons. The summed E-state index contributed by atoms with van der Waals surface area (Å²) in [6.45, 7) is 1.50. The molecule has 1 atom stereocenters. The Morgan fingerprint density at radius 2 is 1.85 bits per heavy atom. The Bertz CT molecular complexity index is 594. The predicted octanol–water partition coefficient (Wildman–Crippen LogP) is 3.98. The van der Waals surface area contributed by atoms with Crippen LogP contribution in [-0.2, 0) is 24.4 Å². The fraction of sp³-hybridized carbons (Fsp3) is 0.294. The molecule has 1 unspecified atom stereocenters. The molecule has 3 rings (SSSR count). The molecule has 0 aliphatic carbocycles. The van der Waals surface area contributed by atoms with E-state index >= 15 is 0 Å². The summed E-state index contributed by atoms with van der Waals surface area (Å²) in [6.07, 6.45) is 0.990. The van der Waals surface area contributed by atoms with Gasteiger partial charge in [-0.05, 0) is 47.9 Å². The Morgan fingerprint density at radius 3 is 2.60 bits per heavy atom. The Balaban J connectivity index is 1.81. The third-order valence-electron chi connectivity index (χ3n) is 3.85. The first-order chi connectivity index (χ1) is 9.76. The van der Waals surface area contributed by atoms with E-state index in [0.29, 0.717) is 6.04 Å². The van der Waals surface area contributed by atoms with Crippen molar-refractivity contribution in [2.45, 2.75) is 25.7 Å². The lowest BCUT2D eigenvalue weighted by atomic mass is 9.96. The monoisotopic (exact) mass is 331 g/mol. The summed E-state index contributed by atoms with van der Waals surface area (Å²) in [4.78, 5) is 0. The number of hydrogen-bond acceptors (Lipinski definition) is 2. The molecule has 2 nitrogen and oxygen atoms in total. The van der Waals surface area contributed by atoms with Crippen molar-refractivity contribution in [1.29, 1.82) is 0 Å². The van der Waals surface area contributed by atoms with E-state index in [0.717, 1.165) is 24.1 Å². The first-order valence-corrected chi connectivity index (χ1v) is 7.66. The van der Waals surface area contributed by atoms with Gasteiger partial charge in [0.1, 0.15) is 0 Å². The molecule has 1 N–H and O–H groups in total. The number of benzene rings is 2. The van der Waals surface area contributed by atoms with Crippen molar-refractivity contribution in [3.05, 3.63) is 69.2 Å². The van der Waals surface area contributed by atoms with Crippen LogP contribution in [0, 0.1) is 0 Å². The molecule has 0 spiro atoms. The first-order valence-electron chi connectivity index (χ1n) is 6.87. The fourth-order valence-electron chi connectivity index (χ4n) is 2.65. The second-order valence-electron chi connectivity index (χ2n) is 5.19. The van der Waals surface area contributed by atoms with Crippen LogP contribution < -0.4 is 5.32 Å². The zero-order valence-corrected chi connectivity index (χ0v) is 13.1. The first kappa shape index (κ1) is 13.8. The highest BCUT2D eigenvalue weighted by atomic mass is 79.9. The molecule has 0 bridgehead atoms. The van der Waals surface area contributed by atoms with Gasteiger partial charge in [0.05, 0.1) is 13.2 Å². The SMILES string of the molecule is CNC(Cc1ccc(Br)cc1)c1ccc2c(c1)COC2. The van der Waals surface area contributed by atoms with Crippen LogP contribution in [0.4, 0.5) is 0 Å². The zero-order chi connectivity index (χ0) is 13.9. The number of hydrogen-bond donors (Lipinski definition) is 1. The maximum absolute atomic E-state index is 5.49. The Labute approximate surface area is 128 Å². The largest absolute Gasteiger partial charge is 0.372 e. The summed E-state index contributed by atoms with van der Waals surface area (Å²) < 4.78 is 6.61. The molecule has 3 heteroatoms. The van der Waals surface area contributed by atoms with Crippen LogP contribution in [0.3, 0.4) is 0 Å². The number of halogens is 1. The van der Waals surface area contributed by atoms with Gasteiger partial charge in [-0.25, -0.2) is 0 Å². The minimum Gasteiger partial charge on any atom is -0.372 e. The van der Waals surface area contributed by atoms with Gasteiger partial charge in [0, 0.05) is 10.5 Å². The smallest absolute Gasteiger partial charge is 0.0725 e. The number of likely N-dealkylation sites (N-methyl/N-ethyl adjacent to an activating group) is 1. The fourth-order valence-corrected chi connectivity index (χ4v) is 2.92. The normalized spacial score (nSPS) is 15.1. The Kier molecular flexibility index (Phi) is 4.20. The van der Waals surface area contributed by atoms with Gasteiger partial charge in [0.15, 0.2) is 0 Å². The van der Waals surface area contributed by atoms with E-state index in [1.165, 1.54) is 22.3 Å². The van der Waals surface area contributed by atoms with Gasteiger partial charge in [-0.3, -0.25) is 0 Å². The summed E-state index contributed by atoms with van der Waals surface area (Å²) >= 11 is 3.48. The van der Waals surface area contributed by atoms with Crippen molar-refractivity contribution in [2.75, 3.05) is 7.05 Å². The van der Waals surface area contributed by atoms with E-state index in [4.69, 9.17) is 4.74 Å². The maximum Gasteiger partial charge on any atom is 0.0725 e. The number of nitrogens with one attached hydrogen (secondary N) is 1. The van der Waals surface area contributed by atoms with Crippen molar-refractivity contribution in [1.82, 2.24) is 5.32 Å². The topological polar surface area (TPSA) is 21.3 Å². The highest BCUT2D eigenvalue weighted by Gasteiger charge is 2.15. The van der Waals surface area contributed by atoms with Crippen LogP contribution in [-0.4, -0.2) is 7.05 Å². The molecule has 0 saturated carbocycles. The van der Waals surface area contributed by atoms with E-state index in [1.54, 1.807) is 0 Å². The second kappa shape index (κ2) is 6.08. The number of fused-ring (bicyclic) bond motifs is 1. The van der Waals surface area contributed by atoms with Crippen molar-refractivity contribution in [3.63, 3.8) is 0 Å². The van der Waals surface area contributed by atoms with E-state index in [2.05, 4.69) is 63.7 Å². The highest BCUT2D eigenvalue weighted by Crippen LogP contribution is 2.26.